The van der Waals surface area contributed by atoms with Gasteiger partial charge in [-0.3, -0.25) is 0 Å². The number of para-hydroxylation sites is 2. The maximum atomic E-state index is 6.26. The number of nitrogens with one attached hydrogen (secondary N) is 1. The first-order valence-electron chi connectivity index (χ1n) is 6.20. The van der Waals surface area contributed by atoms with E-state index in [0.29, 0.717) is 11.6 Å². The second-order valence-electron chi connectivity index (χ2n) is 4.30. The minimum Gasteiger partial charge on any atom is -0.495 e. The fourth-order valence-corrected chi connectivity index (χ4v) is 2.62. The maximum absolute atomic E-state index is 6.26. The summed E-state index contributed by atoms with van der Waals surface area (Å²) in [5.74, 6) is 0.775. The number of hydrogen-bond acceptors (Lipinski definition) is 3. The van der Waals surface area contributed by atoms with Gasteiger partial charge in [0.2, 0.25) is 0 Å². The third kappa shape index (κ3) is 3.45. The van der Waals surface area contributed by atoms with E-state index in [0.717, 1.165) is 21.5 Å². The van der Waals surface area contributed by atoms with Crippen molar-refractivity contribution in [3.63, 3.8) is 0 Å². The third-order valence-electron chi connectivity index (χ3n) is 3.01. The van der Waals surface area contributed by atoms with Crippen LogP contribution in [0.1, 0.15) is 11.6 Å². The average Bonchev–Trinajstić information content (AvgIpc) is 2.48. The summed E-state index contributed by atoms with van der Waals surface area (Å²) in [7, 11) is 1.64. The van der Waals surface area contributed by atoms with Gasteiger partial charge in [-0.05, 0) is 35.9 Å². The summed E-state index contributed by atoms with van der Waals surface area (Å²) in [6.45, 7) is 0.425. The minimum atomic E-state index is -0.0868. The van der Waals surface area contributed by atoms with Crippen LogP contribution in [0.5, 0.6) is 5.75 Å². The van der Waals surface area contributed by atoms with Crippen LogP contribution < -0.4 is 15.8 Å². The van der Waals surface area contributed by atoms with E-state index in [2.05, 4.69) is 21.2 Å². The lowest BCUT2D eigenvalue weighted by atomic mass is 10.1. The van der Waals surface area contributed by atoms with Gasteiger partial charge in [0.15, 0.2) is 0 Å². The molecule has 0 bridgehead atoms. The maximum Gasteiger partial charge on any atom is 0.141 e. The summed E-state index contributed by atoms with van der Waals surface area (Å²) in [6, 6.07) is 13.4. The molecule has 0 saturated heterocycles. The van der Waals surface area contributed by atoms with Crippen molar-refractivity contribution in [1.29, 1.82) is 0 Å². The molecule has 0 heterocycles. The van der Waals surface area contributed by atoms with E-state index in [9.17, 15) is 0 Å². The third-order valence-corrected chi connectivity index (χ3v) is 3.84. The van der Waals surface area contributed by atoms with Gasteiger partial charge in [0.25, 0.3) is 0 Å². The van der Waals surface area contributed by atoms with E-state index in [4.69, 9.17) is 22.1 Å². The molecule has 0 aliphatic heterocycles. The largest absolute Gasteiger partial charge is 0.495 e. The summed E-state index contributed by atoms with van der Waals surface area (Å²) in [5.41, 5.74) is 7.73. The molecule has 0 spiro atoms. The van der Waals surface area contributed by atoms with Gasteiger partial charge in [0.05, 0.1) is 18.8 Å². The molecule has 0 aromatic heterocycles. The highest BCUT2D eigenvalue weighted by atomic mass is 79.9. The van der Waals surface area contributed by atoms with Crippen LogP contribution in [0.3, 0.4) is 0 Å². The van der Waals surface area contributed by atoms with E-state index < -0.39 is 0 Å². The first-order valence-corrected chi connectivity index (χ1v) is 7.37. The number of rotatable bonds is 5. The Hall–Kier alpha value is -1.23. The molecule has 0 aliphatic rings. The highest BCUT2D eigenvalue weighted by Crippen LogP contribution is 2.31. The smallest absolute Gasteiger partial charge is 0.141 e. The Labute approximate surface area is 132 Å². The molecule has 0 fully saturated rings. The van der Waals surface area contributed by atoms with Crippen LogP contribution in [0.4, 0.5) is 5.69 Å². The lowest BCUT2D eigenvalue weighted by Crippen LogP contribution is -2.21. The van der Waals surface area contributed by atoms with Crippen molar-refractivity contribution in [2.45, 2.75) is 6.04 Å². The van der Waals surface area contributed by atoms with Gasteiger partial charge in [0.1, 0.15) is 5.75 Å². The first-order chi connectivity index (χ1) is 9.65. The molecule has 20 heavy (non-hydrogen) atoms. The van der Waals surface area contributed by atoms with Crippen molar-refractivity contribution in [3.8, 4) is 5.75 Å². The van der Waals surface area contributed by atoms with Gasteiger partial charge in [-0.2, -0.15) is 0 Å². The number of ether oxygens (including phenoxy) is 1. The lowest BCUT2D eigenvalue weighted by molar-refractivity contribution is 0.416. The van der Waals surface area contributed by atoms with Crippen LogP contribution >= 0.6 is 27.5 Å². The molecule has 5 heteroatoms. The molecule has 0 amide bonds. The first kappa shape index (κ1) is 15.2. The second kappa shape index (κ2) is 6.97. The fraction of sp³-hybridized carbons (Fsp3) is 0.200. The Bertz CT molecular complexity index is 592. The Morgan fingerprint density at radius 1 is 1.30 bits per heavy atom. The molecule has 2 aromatic carbocycles. The number of halogens is 2. The topological polar surface area (TPSA) is 47.3 Å². The Kier molecular flexibility index (Phi) is 5.29. The molecule has 0 saturated carbocycles. The van der Waals surface area contributed by atoms with Crippen molar-refractivity contribution in [3.05, 3.63) is 57.5 Å². The number of nitrogens with two attached hydrogens (primary N) is 1. The van der Waals surface area contributed by atoms with Crippen LogP contribution in [0.15, 0.2) is 46.9 Å². The average molecular weight is 356 g/mol. The van der Waals surface area contributed by atoms with Gasteiger partial charge in [-0.15, -0.1) is 0 Å². The predicted molar refractivity (Wildman–Crippen MR) is 87.6 cm³/mol. The van der Waals surface area contributed by atoms with Crippen molar-refractivity contribution in [2.24, 2.45) is 5.73 Å². The molecule has 2 rings (SSSR count). The highest BCUT2D eigenvalue weighted by Gasteiger charge is 2.15. The van der Waals surface area contributed by atoms with E-state index in [1.54, 1.807) is 7.11 Å². The van der Waals surface area contributed by atoms with Gasteiger partial charge >= 0.3 is 0 Å². The number of benzene rings is 2. The fourth-order valence-electron chi connectivity index (χ4n) is 2.00. The standard InChI is InChI=1S/C15H16BrClN2O/c1-20-15-5-3-2-4-13(15)19-14(9-18)11-8-10(16)6-7-12(11)17/h2-8,14,19H,9,18H2,1H3. The zero-order valence-corrected chi connectivity index (χ0v) is 13.4. The van der Waals surface area contributed by atoms with Gasteiger partial charge < -0.3 is 15.8 Å². The molecule has 3 nitrogen and oxygen atoms in total. The predicted octanol–water partition coefficient (Wildman–Crippen LogP) is 4.22. The number of methoxy groups -OCH3 is 1. The van der Waals surface area contributed by atoms with Crippen LogP contribution in [0, 0.1) is 0 Å². The van der Waals surface area contributed by atoms with Gasteiger partial charge in [0, 0.05) is 16.0 Å². The monoisotopic (exact) mass is 354 g/mol. The van der Waals surface area contributed by atoms with Crippen LogP contribution in [-0.4, -0.2) is 13.7 Å². The molecular formula is C15H16BrClN2O. The molecule has 0 radical (unpaired) electrons. The zero-order valence-electron chi connectivity index (χ0n) is 11.1. The number of anilines is 1. The molecule has 106 valence electrons. The van der Waals surface area contributed by atoms with E-state index in [1.165, 1.54) is 0 Å². The second-order valence-corrected chi connectivity index (χ2v) is 5.62. The van der Waals surface area contributed by atoms with Gasteiger partial charge in [-0.25, -0.2) is 0 Å². The molecular weight excluding hydrogens is 340 g/mol. The lowest BCUT2D eigenvalue weighted by Gasteiger charge is -2.21. The summed E-state index contributed by atoms with van der Waals surface area (Å²) >= 11 is 9.72. The van der Waals surface area contributed by atoms with Crippen molar-refractivity contribution in [1.82, 2.24) is 0 Å². The summed E-state index contributed by atoms with van der Waals surface area (Å²) in [5, 5.41) is 4.06. The summed E-state index contributed by atoms with van der Waals surface area (Å²) in [6.07, 6.45) is 0. The van der Waals surface area contributed by atoms with E-state index >= 15 is 0 Å². The normalized spacial score (nSPS) is 12.0. The molecule has 0 aliphatic carbocycles. The highest BCUT2D eigenvalue weighted by molar-refractivity contribution is 9.10. The van der Waals surface area contributed by atoms with E-state index in [-0.39, 0.29) is 6.04 Å². The van der Waals surface area contributed by atoms with Crippen LogP contribution in [-0.2, 0) is 0 Å². The quantitative estimate of drug-likeness (QED) is 0.844. The molecule has 1 unspecified atom stereocenters. The Morgan fingerprint density at radius 2 is 2.05 bits per heavy atom. The van der Waals surface area contributed by atoms with Gasteiger partial charge in [-0.1, -0.05) is 39.7 Å². The zero-order chi connectivity index (χ0) is 14.5. The molecule has 3 N–H and O–H groups in total. The van der Waals surface area contributed by atoms with E-state index in [1.807, 2.05) is 42.5 Å². The van der Waals surface area contributed by atoms with Crippen LogP contribution in [0.2, 0.25) is 5.02 Å². The van der Waals surface area contributed by atoms with Crippen molar-refractivity contribution in [2.75, 3.05) is 19.0 Å². The van der Waals surface area contributed by atoms with Crippen molar-refractivity contribution >= 4 is 33.2 Å². The van der Waals surface area contributed by atoms with Crippen LogP contribution in [0.25, 0.3) is 0 Å². The molecule has 2 aromatic rings. The minimum absolute atomic E-state index is 0.0868. The Morgan fingerprint density at radius 3 is 2.75 bits per heavy atom. The molecule has 1 atom stereocenters. The summed E-state index contributed by atoms with van der Waals surface area (Å²) in [4.78, 5) is 0. The Balaban J connectivity index is 2.31. The SMILES string of the molecule is COc1ccccc1NC(CN)c1cc(Br)ccc1Cl. The number of hydrogen-bond donors (Lipinski definition) is 2. The summed E-state index contributed by atoms with van der Waals surface area (Å²) < 4.78 is 6.30. The van der Waals surface area contributed by atoms with Crippen molar-refractivity contribution < 1.29 is 4.74 Å².